The topological polar surface area (TPSA) is 54.9 Å². The van der Waals surface area contributed by atoms with Crippen molar-refractivity contribution in [3.63, 3.8) is 0 Å². The van der Waals surface area contributed by atoms with Gasteiger partial charge in [0.25, 0.3) is 5.91 Å². The van der Waals surface area contributed by atoms with Gasteiger partial charge < -0.3 is 5.32 Å². The smallest absolute Gasteiger partial charge is 0.251 e. The van der Waals surface area contributed by atoms with Gasteiger partial charge in [-0.1, -0.05) is 6.07 Å². The first-order chi connectivity index (χ1) is 10.1. The van der Waals surface area contributed by atoms with E-state index in [0.717, 1.165) is 26.2 Å². The molecule has 0 spiro atoms. The van der Waals surface area contributed by atoms with Gasteiger partial charge in [-0.05, 0) is 47.7 Å². The monoisotopic (exact) mass is 317 g/mol. The first kappa shape index (κ1) is 14.0. The van der Waals surface area contributed by atoms with Gasteiger partial charge >= 0.3 is 0 Å². The number of nitrogens with one attached hydrogen (secondary N) is 1. The van der Waals surface area contributed by atoms with Crippen LogP contribution in [0.4, 0.5) is 0 Å². The molecular weight excluding hydrogens is 306 g/mol. The van der Waals surface area contributed by atoms with E-state index in [4.69, 9.17) is 11.6 Å². The molecule has 0 atom stereocenters. The van der Waals surface area contributed by atoms with Crippen molar-refractivity contribution >= 4 is 38.9 Å². The van der Waals surface area contributed by atoms with E-state index >= 15 is 0 Å². The molecule has 1 N–H and O–H groups in total. The Bertz CT molecular complexity index is 844. The summed E-state index contributed by atoms with van der Waals surface area (Å²) in [5, 5.41) is 3.94. The fourth-order valence-corrected chi connectivity index (χ4v) is 3.39. The molecule has 0 saturated heterocycles. The van der Waals surface area contributed by atoms with Gasteiger partial charge in [0.2, 0.25) is 5.28 Å². The summed E-state index contributed by atoms with van der Waals surface area (Å²) >= 11 is 7.47. The van der Waals surface area contributed by atoms with Crippen LogP contribution in [0.3, 0.4) is 0 Å². The van der Waals surface area contributed by atoms with Gasteiger partial charge in [-0.25, -0.2) is 9.97 Å². The summed E-state index contributed by atoms with van der Waals surface area (Å²) in [4.78, 5) is 21.0. The Morgan fingerprint density at radius 2 is 2.14 bits per heavy atom. The van der Waals surface area contributed by atoms with Crippen LogP contribution in [0.15, 0.2) is 30.5 Å². The average Bonchev–Trinajstić information content (AvgIpc) is 2.91. The third kappa shape index (κ3) is 2.62. The van der Waals surface area contributed by atoms with Crippen LogP contribution in [0.2, 0.25) is 5.28 Å². The van der Waals surface area contributed by atoms with Gasteiger partial charge in [-0.3, -0.25) is 4.79 Å². The van der Waals surface area contributed by atoms with Crippen molar-refractivity contribution in [2.24, 2.45) is 0 Å². The number of aromatic nitrogens is 2. The molecule has 6 heteroatoms. The Hall–Kier alpha value is -1.98. The van der Waals surface area contributed by atoms with Crippen molar-refractivity contribution in [2.75, 3.05) is 7.05 Å². The predicted octanol–water partition coefficient (Wildman–Crippen LogP) is 3.68. The number of thiophene rings is 1. The summed E-state index contributed by atoms with van der Waals surface area (Å²) in [5.41, 5.74) is 2.45. The highest BCUT2D eigenvalue weighted by atomic mass is 35.5. The molecule has 0 bridgehead atoms. The van der Waals surface area contributed by atoms with Gasteiger partial charge in [-0.15, -0.1) is 11.3 Å². The highest BCUT2D eigenvalue weighted by molar-refractivity contribution is 7.22. The zero-order valence-electron chi connectivity index (χ0n) is 11.5. The predicted molar refractivity (Wildman–Crippen MR) is 86.0 cm³/mol. The molecule has 106 valence electrons. The van der Waals surface area contributed by atoms with Crippen molar-refractivity contribution in [1.29, 1.82) is 0 Å². The molecule has 2 aromatic heterocycles. The minimum atomic E-state index is -0.0897. The summed E-state index contributed by atoms with van der Waals surface area (Å²) in [6.45, 7) is 1.95. The van der Waals surface area contributed by atoms with Crippen LogP contribution in [0.5, 0.6) is 0 Å². The Labute approximate surface area is 130 Å². The summed E-state index contributed by atoms with van der Waals surface area (Å²) in [5.74, 6) is -0.0897. The molecule has 0 saturated carbocycles. The molecule has 1 aromatic carbocycles. The van der Waals surface area contributed by atoms with E-state index in [1.54, 1.807) is 24.6 Å². The molecule has 1 amide bonds. The van der Waals surface area contributed by atoms with Crippen LogP contribution in [-0.2, 0) is 0 Å². The molecule has 3 rings (SSSR count). The molecule has 4 nitrogen and oxygen atoms in total. The zero-order chi connectivity index (χ0) is 15.0. The number of hydrogen-bond acceptors (Lipinski definition) is 4. The molecular formula is C15H12ClN3OS. The zero-order valence-corrected chi connectivity index (χ0v) is 13.0. The number of halogens is 1. The number of hydrogen-bond donors (Lipinski definition) is 1. The minimum absolute atomic E-state index is 0.0897. The minimum Gasteiger partial charge on any atom is -0.355 e. The molecule has 0 radical (unpaired) electrons. The fraction of sp³-hybridized carbons (Fsp3) is 0.133. The maximum absolute atomic E-state index is 11.7. The number of rotatable bonds is 2. The Morgan fingerprint density at radius 1 is 1.33 bits per heavy atom. The lowest BCUT2D eigenvalue weighted by atomic mass is 10.1. The number of benzene rings is 1. The maximum atomic E-state index is 11.7. The summed E-state index contributed by atoms with van der Waals surface area (Å²) in [7, 11) is 1.62. The normalized spacial score (nSPS) is 10.8. The number of aryl methyl sites for hydroxylation is 1. The summed E-state index contributed by atoms with van der Waals surface area (Å²) in [6.07, 6.45) is 1.71. The number of carbonyl (C=O) groups is 1. The second kappa shape index (κ2) is 5.42. The first-order valence-corrected chi connectivity index (χ1v) is 7.53. The third-order valence-electron chi connectivity index (χ3n) is 3.19. The largest absolute Gasteiger partial charge is 0.355 e. The van der Waals surface area contributed by atoms with Gasteiger partial charge in [-0.2, -0.15) is 0 Å². The molecule has 0 aliphatic rings. The Kier molecular flexibility index (Phi) is 3.61. The lowest BCUT2D eigenvalue weighted by molar-refractivity contribution is 0.0963. The molecule has 2 heterocycles. The lowest BCUT2D eigenvalue weighted by Crippen LogP contribution is -2.17. The number of amides is 1. The number of fused-ring (bicyclic) bond motifs is 1. The van der Waals surface area contributed by atoms with Gasteiger partial charge in [0.15, 0.2) is 0 Å². The van der Waals surface area contributed by atoms with Crippen molar-refractivity contribution in [2.45, 2.75) is 6.92 Å². The van der Waals surface area contributed by atoms with E-state index in [9.17, 15) is 4.79 Å². The van der Waals surface area contributed by atoms with E-state index in [-0.39, 0.29) is 11.2 Å². The molecule has 0 fully saturated rings. The summed E-state index contributed by atoms with van der Waals surface area (Å²) in [6, 6.07) is 7.70. The van der Waals surface area contributed by atoms with Gasteiger partial charge in [0.05, 0.1) is 10.6 Å². The van der Waals surface area contributed by atoms with Crippen LogP contribution >= 0.6 is 22.9 Å². The third-order valence-corrected chi connectivity index (χ3v) is 4.47. The number of nitrogens with zero attached hydrogens (tertiary/aromatic N) is 2. The van der Waals surface area contributed by atoms with Crippen LogP contribution < -0.4 is 5.32 Å². The molecule has 21 heavy (non-hydrogen) atoms. The fourth-order valence-electron chi connectivity index (χ4n) is 2.10. The second-order valence-corrected chi connectivity index (χ2v) is 6.03. The lowest BCUT2D eigenvalue weighted by Gasteiger charge is -2.00. The van der Waals surface area contributed by atoms with Crippen LogP contribution in [-0.4, -0.2) is 22.9 Å². The van der Waals surface area contributed by atoms with Crippen LogP contribution in [0.25, 0.3) is 20.7 Å². The van der Waals surface area contributed by atoms with E-state index in [0.29, 0.717) is 5.56 Å². The van der Waals surface area contributed by atoms with Gasteiger partial charge in [0, 0.05) is 23.5 Å². The molecule has 0 aliphatic heterocycles. The Balaban J connectivity index is 2.13. The first-order valence-electron chi connectivity index (χ1n) is 6.33. The van der Waals surface area contributed by atoms with E-state index in [1.807, 2.05) is 25.1 Å². The highest BCUT2D eigenvalue weighted by Crippen LogP contribution is 2.34. The second-order valence-electron chi connectivity index (χ2n) is 4.61. The summed E-state index contributed by atoms with van der Waals surface area (Å²) < 4.78 is 1.04. The van der Waals surface area contributed by atoms with E-state index in [2.05, 4.69) is 21.4 Å². The molecule has 3 aromatic rings. The van der Waals surface area contributed by atoms with Crippen LogP contribution in [0, 0.1) is 6.92 Å². The van der Waals surface area contributed by atoms with E-state index in [1.165, 1.54) is 0 Å². The SMILES string of the molecule is CNC(=O)c1ccc2cc(-c3nc(Cl)ncc3C)sc2c1. The van der Waals surface area contributed by atoms with Crippen molar-refractivity contribution in [3.8, 4) is 10.6 Å². The average molecular weight is 318 g/mol. The molecule has 0 unspecified atom stereocenters. The standard InChI is InChI=1S/C15H12ClN3OS/c1-8-7-18-15(16)19-13(8)12-5-9-3-4-10(14(20)17-2)6-11(9)21-12/h3-7H,1-2H3,(H,17,20). The van der Waals surface area contributed by atoms with Crippen molar-refractivity contribution in [1.82, 2.24) is 15.3 Å². The number of carbonyl (C=O) groups excluding carboxylic acids is 1. The maximum Gasteiger partial charge on any atom is 0.251 e. The van der Waals surface area contributed by atoms with E-state index < -0.39 is 0 Å². The Morgan fingerprint density at radius 3 is 2.90 bits per heavy atom. The molecule has 0 aliphatic carbocycles. The van der Waals surface area contributed by atoms with Crippen molar-refractivity contribution < 1.29 is 4.79 Å². The van der Waals surface area contributed by atoms with Crippen molar-refractivity contribution in [3.05, 3.63) is 46.9 Å². The highest BCUT2D eigenvalue weighted by Gasteiger charge is 2.11. The quantitative estimate of drug-likeness (QED) is 0.734. The van der Waals surface area contributed by atoms with Gasteiger partial charge in [0.1, 0.15) is 0 Å². The van der Waals surface area contributed by atoms with Crippen LogP contribution in [0.1, 0.15) is 15.9 Å².